The molecule has 0 radical (unpaired) electrons. The number of rotatable bonds is 5. The van der Waals surface area contributed by atoms with E-state index in [1.807, 2.05) is 30.3 Å². The zero-order valence-electron chi connectivity index (χ0n) is 18.6. The van der Waals surface area contributed by atoms with Crippen molar-refractivity contribution in [1.82, 2.24) is 9.78 Å². The number of nitro benzene ring substituents is 1. The van der Waals surface area contributed by atoms with E-state index in [1.165, 1.54) is 37.5 Å². The number of aromatic nitrogens is 2. The van der Waals surface area contributed by atoms with E-state index in [4.69, 9.17) is 16.7 Å². The Hall–Kier alpha value is -3.19. The van der Waals surface area contributed by atoms with Crippen molar-refractivity contribution < 1.29 is 9.72 Å². The Morgan fingerprint density at radius 3 is 2.32 bits per heavy atom. The first-order valence-corrected chi connectivity index (χ1v) is 12.2. The second-order valence-corrected chi connectivity index (χ2v) is 10.7. The van der Waals surface area contributed by atoms with Gasteiger partial charge in [0.15, 0.2) is 0 Å². The molecule has 1 amide bonds. The average Bonchev–Trinajstić information content (AvgIpc) is 3.27. The number of nitro groups is 1. The SMILES string of the molecule is O=C(Nc1cc([N+](=O)[O-])ccc1Cl)c1cn(-c2ccccc2)nc1C12CC3CC(CC(C3)C1)C2. The summed E-state index contributed by atoms with van der Waals surface area (Å²) in [5.41, 5.74) is 2.28. The summed E-state index contributed by atoms with van der Waals surface area (Å²) in [6.45, 7) is 0. The molecule has 4 fully saturated rings. The van der Waals surface area contributed by atoms with Gasteiger partial charge >= 0.3 is 0 Å². The molecule has 7 nitrogen and oxygen atoms in total. The third kappa shape index (κ3) is 3.59. The first-order chi connectivity index (χ1) is 16.4. The highest BCUT2D eigenvalue weighted by atomic mass is 35.5. The van der Waals surface area contributed by atoms with Crippen LogP contribution < -0.4 is 5.32 Å². The molecule has 7 rings (SSSR count). The van der Waals surface area contributed by atoms with Crippen LogP contribution in [0.1, 0.15) is 54.6 Å². The molecule has 2 aromatic carbocycles. The summed E-state index contributed by atoms with van der Waals surface area (Å²) in [7, 11) is 0. The van der Waals surface area contributed by atoms with Crippen LogP contribution in [0.15, 0.2) is 54.7 Å². The van der Waals surface area contributed by atoms with Crippen molar-refractivity contribution >= 4 is 28.9 Å². The van der Waals surface area contributed by atoms with Gasteiger partial charge in [0.25, 0.3) is 11.6 Å². The van der Waals surface area contributed by atoms with Crippen molar-refractivity contribution in [3.63, 3.8) is 0 Å². The number of carbonyl (C=O) groups excluding carboxylic acids is 1. The lowest BCUT2D eigenvalue weighted by molar-refractivity contribution is -0.384. The minimum absolute atomic E-state index is 0.0894. The molecular formula is C26H25ClN4O3. The van der Waals surface area contributed by atoms with Gasteiger partial charge in [-0.15, -0.1) is 0 Å². The zero-order chi connectivity index (χ0) is 23.4. The topological polar surface area (TPSA) is 90.1 Å². The van der Waals surface area contributed by atoms with Crippen LogP contribution in [-0.4, -0.2) is 20.6 Å². The van der Waals surface area contributed by atoms with E-state index in [0.717, 1.165) is 30.6 Å². The molecule has 4 saturated carbocycles. The van der Waals surface area contributed by atoms with Crippen molar-refractivity contribution in [3.8, 4) is 5.69 Å². The Bertz CT molecular complexity index is 1250. The van der Waals surface area contributed by atoms with E-state index in [2.05, 4.69) is 5.32 Å². The van der Waals surface area contributed by atoms with Gasteiger partial charge in [-0.3, -0.25) is 14.9 Å². The number of carbonyl (C=O) groups is 1. The van der Waals surface area contributed by atoms with Crippen molar-refractivity contribution in [3.05, 3.63) is 81.1 Å². The predicted octanol–water partition coefficient (Wildman–Crippen LogP) is 6.15. The molecule has 0 saturated heterocycles. The molecule has 4 aliphatic carbocycles. The first-order valence-electron chi connectivity index (χ1n) is 11.8. The highest BCUT2D eigenvalue weighted by molar-refractivity contribution is 6.34. The molecule has 4 bridgehead atoms. The zero-order valence-corrected chi connectivity index (χ0v) is 19.4. The molecule has 1 heterocycles. The lowest BCUT2D eigenvalue weighted by Crippen LogP contribution is -2.49. The maximum atomic E-state index is 13.6. The highest BCUT2D eigenvalue weighted by Gasteiger charge is 2.54. The van der Waals surface area contributed by atoms with Crippen molar-refractivity contribution in [2.45, 2.75) is 43.9 Å². The number of hydrogen-bond donors (Lipinski definition) is 1. The highest BCUT2D eigenvalue weighted by Crippen LogP contribution is 2.61. The van der Waals surface area contributed by atoms with E-state index in [-0.39, 0.29) is 27.7 Å². The third-order valence-electron chi connectivity index (χ3n) is 7.93. The monoisotopic (exact) mass is 476 g/mol. The van der Waals surface area contributed by atoms with E-state index in [9.17, 15) is 14.9 Å². The van der Waals surface area contributed by atoms with Crippen LogP contribution in [0.3, 0.4) is 0 Å². The minimum atomic E-state index is -0.500. The lowest BCUT2D eigenvalue weighted by Gasteiger charge is -2.56. The number of nitrogens with one attached hydrogen (secondary N) is 1. The number of amides is 1. The fraction of sp³-hybridized carbons (Fsp3) is 0.385. The van der Waals surface area contributed by atoms with Gasteiger partial charge in [-0.05, 0) is 74.5 Å². The number of benzene rings is 2. The molecule has 0 aliphatic heterocycles. The predicted molar refractivity (Wildman–Crippen MR) is 129 cm³/mol. The smallest absolute Gasteiger partial charge is 0.271 e. The summed E-state index contributed by atoms with van der Waals surface area (Å²) in [5, 5.41) is 19.3. The Morgan fingerprint density at radius 2 is 1.71 bits per heavy atom. The van der Waals surface area contributed by atoms with Gasteiger partial charge in [0, 0.05) is 23.7 Å². The molecule has 1 aromatic heterocycles. The quantitative estimate of drug-likeness (QED) is 0.353. The number of non-ortho nitro benzene ring substituents is 1. The number of halogens is 1. The normalized spacial score (nSPS) is 27.0. The standard InChI is InChI=1S/C26H25ClN4O3/c27-22-7-6-20(31(33)34)11-23(22)28-25(32)21-15-30(19-4-2-1-3-5-19)29-24(21)26-12-16-8-17(13-26)10-18(9-16)14-26/h1-7,11,15-18H,8-10,12-14H2,(H,28,32). The van der Waals surface area contributed by atoms with Crippen LogP contribution in [0.25, 0.3) is 5.69 Å². The van der Waals surface area contributed by atoms with E-state index in [1.54, 1.807) is 10.9 Å². The summed E-state index contributed by atoms with van der Waals surface area (Å²) in [5.74, 6) is 1.77. The number of para-hydroxylation sites is 1. The summed E-state index contributed by atoms with van der Waals surface area (Å²) in [6, 6.07) is 13.8. The van der Waals surface area contributed by atoms with E-state index in [0.29, 0.717) is 23.3 Å². The fourth-order valence-corrected chi connectivity index (χ4v) is 7.12. The Balaban J connectivity index is 1.42. The van der Waals surface area contributed by atoms with Gasteiger partial charge in [-0.1, -0.05) is 29.8 Å². The van der Waals surface area contributed by atoms with Gasteiger partial charge in [0.1, 0.15) is 0 Å². The maximum Gasteiger partial charge on any atom is 0.271 e. The average molecular weight is 477 g/mol. The van der Waals surface area contributed by atoms with Gasteiger partial charge in [-0.2, -0.15) is 5.10 Å². The molecule has 8 heteroatoms. The van der Waals surface area contributed by atoms with Gasteiger partial charge in [-0.25, -0.2) is 4.68 Å². The van der Waals surface area contributed by atoms with Crippen LogP contribution >= 0.6 is 11.6 Å². The molecule has 3 aromatic rings. The largest absolute Gasteiger partial charge is 0.320 e. The third-order valence-corrected chi connectivity index (χ3v) is 8.26. The second-order valence-electron chi connectivity index (χ2n) is 10.2. The molecule has 34 heavy (non-hydrogen) atoms. The molecule has 174 valence electrons. The molecular weight excluding hydrogens is 452 g/mol. The molecule has 1 N–H and O–H groups in total. The van der Waals surface area contributed by atoms with Crippen molar-refractivity contribution in [1.29, 1.82) is 0 Å². The van der Waals surface area contributed by atoms with Crippen LogP contribution in [-0.2, 0) is 5.41 Å². The number of anilines is 1. The Kier molecular flexibility index (Phi) is 4.99. The Morgan fingerprint density at radius 1 is 1.06 bits per heavy atom. The number of hydrogen-bond acceptors (Lipinski definition) is 4. The van der Waals surface area contributed by atoms with Crippen molar-refractivity contribution in [2.75, 3.05) is 5.32 Å². The Labute approximate surface area is 202 Å². The van der Waals surface area contributed by atoms with E-state index >= 15 is 0 Å². The lowest BCUT2D eigenvalue weighted by atomic mass is 9.48. The minimum Gasteiger partial charge on any atom is -0.320 e. The molecule has 0 unspecified atom stereocenters. The van der Waals surface area contributed by atoms with Crippen LogP contribution in [0.2, 0.25) is 5.02 Å². The molecule has 0 spiro atoms. The summed E-state index contributed by atoms with van der Waals surface area (Å²) in [4.78, 5) is 24.3. The van der Waals surface area contributed by atoms with Crippen LogP contribution in [0.5, 0.6) is 0 Å². The summed E-state index contributed by atoms with van der Waals surface area (Å²) >= 11 is 6.27. The number of nitrogens with zero attached hydrogens (tertiary/aromatic N) is 3. The van der Waals surface area contributed by atoms with Crippen LogP contribution in [0, 0.1) is 27.9 Å². The molecule has 0 atom stereocenters. The van der Waals surface area contributed by atoms with Crippen LogP contribution in [0.4, 0.5) is 11.4 Å². The second kappa shape index (κ2) is 7.94. The fourth-order valence-electron chi connectivity index (χ4n) is 6.96. The van der Waals surface area contributed by atoms with Gasteiger partial charge in [0.05, 0.1) is 32.6 Å². The van der Waals surface area contributed by atoms with Gasteiger partial charge in [0.2, 0.25) is 0 Å². The molecule has 4 aliphatic rings. The van der Waals surface area contributed by atoms with Gasteiger partial charge < -0.3 is 5.32 Å². The van der Waals surface area contributed by atoms with E-state index < -0.39 is 4.92 Å². The van der Waals surface area contributed by atoms with Crippen molar-refractivity contribution in [2.24, 2.45) is 17.8 Å². The summed E-state index contributed by atoms with van der Waals surface area (Å²) < 4.78 is 1.79. The summed E-state index contributed by atoms with van der Waals surface area (Å²) in [6.07, 6.45) is 8.90. The maximum absolute atomic E-state index is 13.6. The first kappa shape index (κ1) is 21.4.